The van der Waals surface area contributed by atoms with Crippen molar-refractivity contribution >= 4 is 38.7 Å². The fraction of sp³-hybridized carbons (Fsp3) is 0.808. The summed E-state index contributed by atoms with van der Waals surface area (Å²) < 4.78 is 33.9. The molecule has 230 valence electrons. The third-order valence-corrected chi connectivity index (χ3v) is 7.76. The molecule has 0 radical (unpaired) electrons. The number of rotatable bonds is 13. The van der Waals surface area contributed by atoms with E-state index in [2.05, 4.69) is 15.0 Å². The smallest absolute Gasteiger partial charge is 0.323 e. The van der Waals surface area contributed by atoms with Gasteiger partial charge in [-0.15, -0.1) is 0 Å². The standard InChI is InChI=1S/C18H30N6O4.C8H14NO3P/c1-3-9-28-16-14-15(21-18(19)22-16)23(11-20-14)8-10-26-12-24-7-5-6-13(24)17(25)27-4-2;1-2-12-8(10)6-7-4-3-5-9(7)13-11/h11,13-15H,3-10,12H2,1-2H3,(H2,19,21);7H,2-6H2,1H3/t13-,14?,15?;/m0./s1. The Hall–Kier alpha value is -2.67. The van der Waals surface area contributed by atoms with Gasteiger partial charge in [-0.3, -0.25) is 24.0 Å². The Labute approximate surface area is 243 Å². The van der Waals surface area contributed by atoms with Crippen molar-refractivity contribution < 1.29 is 33.1 Å². The van der Waals surface area contributed by atoms with Crippen molar-refractivity contribution in [3.8, 4) is 0 Å². The van der Waals surface area contributed by atoms with Crippen LogP contribution >= 0.6 is 8.61 Å². The Morgan fingerprint density at radius 1 is 1.10 bits per heavy atom. The van der Waals surface area contributed by atoms with E-state index in [0.29, 0.717) is 52.0 Å². The molecule has 4 rings (SSSR count). The Kier molecular flexibility index (Phi) is 13.9. The molecule has 0 spiro atoms. The molecule has 15 heteroatoms. The first-order valence-electron chi connectivity index (χ1n) is 14.5. The van der Waals surface area contributed by atoms with Gasteiger partial charge in [-0.1, -0.05) is 6.92 Å². The van der Waals surface area contributed by atoms with E-state index < -0.39 is 0 Å². The fourth-order valence-electron chi connectivity index (χ4n) is 5.06. The maximum absolute atomic E-state index is 12.0. The van der Waals surface area contributed by atoms with E-state index in [1.54, 1.807) is 17.9 Å². The molecule has 41 heavy (non-hydrogen) atoms. The van der Waals surface area contributed by atoms with Gasteiger partial charge in [0, 0.05) is 25.7 Å². The molecule has 0 amide bonds. The average Bonchev–Trinajstić information content (AvgIpc) is 3.70. The Balaban J connectivity index is 0.000000298. The maximum Gasteiger partial charge on any atom is 0.323 e. The van der Waals surface area contributed by atoms with Crippen LogP contribution in [0.15, 0.2) is 15.0 Å². The second-order valence-electron chi connectivity index (χ2n) is 9.96. The van der Waals surface area contributed by atoms with Gasteiger partial charge >= 0.3 is 11.9 Å². The number of fused-ring (bicyclic) bond motifs is 1. The molecule has 4 heterocycles. The van der Waals surface area contributed by atoms with Gasteiger partial charge in [-0.25, -0.2) is 9.66 Å². The van der Waals surface area contributed by atoms with E-state index in [1.807, 2.05) is 23.6 Å². The fourth-order valence-corrected chi connectivity index (χ4v) is 5.62. The number of nitrogens with two attached hydrogens (primary N) is 1. The molecule has 0 aromatic carbocycles. The van der Waals surface area contributed by atoms with Gasteiger partial charge in [0.2, 0.25) is 20.5 Å². The largest absolute Gasteiger partial charge is 0.479 e. The van der Waals surface area contributed by atoms with E-state index in [0.717, 1.165) is 45.2 Å². The molecular formula is C26H44N7O7P. The molecule has 0 bridgehead atoms. The van der Waals surface area contributed by atoms with E-state index in [-0.39, 0.29) is 50.8 Å². The summed E-state index contributed by atoms with van der Waals surface area (Å²) in [6.07, 6.45) is 6.51. The summed E-state index contributed by atoms with van der Waals surface area (Å²) in [5.41, 5.74) is 5.84. The number of hydrogen-bond acceptors (Lipinski definition) is 13. The summed E-state index contributed by atoms with van der Waals surface area (Å²) in [6, 6.07) is -0.348. The third kappa shape index (κ3) is 9.69. The van der Waals surface area contributed by atoms with Gasteiger partial charge in [0.05, 0.1) is 45.9 Å². The predicted molar refractivity (Wildman–Crippen MR) is 154 cm³/mol. The van der Waals surface area contributed by atoms with Crippen molar-refractivity contribution in [2.45, 2.75) is 83.6 Å². The highest BCUT2D eigenvalue weighted by molar-refractivity contribution is 7.20. The Morgan fingerprint density at radius 2 is 1.88 bits per heavy atom. The molecule has 4 atom stereocenters. The van der Waals surface area contributed by atoms with E-state index in [4.69, 9.17) is 24.7 Å². The summed E-state index contributed by atoms with van der Waals surface area (Å²) in [5, 5.41) is 0. The Morgan fingerprint density at radius 3 is 2.61 bits per heavy atom. The zero-order valence-corrected chi connectivity index (χ0v) is 25.2. The molecule has 4 aliphatic heterocycles. The topological polar surface area (TPSA) is 161 Å². The minimum absolute atomic E-state index is 0.0225. The van der Waals surface area contributed by atoms with Gasteiger partial charge < -0.3 is 29.6 Å². The molecule has 0 aliphatic carbocycles. The van der Waals surface area contributed by atoms with Crippen LogP contribution in [-0.4, -0.2) is 122 Å². The highest BCUT2D eigenvalue weighted by Gasteiger charge is 2.38. The second-order valence-corrected chi connectivity index (χ2v) is 10.6. The van der Waals surface area contributed by atoms with Crippen LogP contribution < -0.4 is 5.73 Å². The number of guanidine groups is 1. The monoisotopic (exact) mass is 597 g/mol. The quantitative estimate of drug-likeness (QED) is 0.187. The van der Waals surface area contributed by atoms with E-state index in [1.165, 1.54) is 0 Å². The molecule has 0 aromatic rings. The van der Waals surface area contributed by atoms with Crippen molar-refractivity contribution in [3.05, 3.63) is 0 Å². The number of ether oxygens (including phenoxy) is 4. The number of aliphatic imine (C=N–C) groups is 3. The zero-order chi connectivity index (χ0) is 29.6. The zero-order valence-electron chi connectivity index (χ0n) is 24.4. The molecular weight excluding hydrogens is 553 g/mol. The van der Waals surface area contributed by atoms with Crippen LogP contribution in [-0.2, 0) is 33.1 Å². The molecule has 14 nitrogen and oxygen atoms in total. The lowest BCUT2D eigenvalue weighted by Crippen LogP contribution is -2.45. The summed E-state index contributed by atoms with van der Waals surface area (Å²) in [5.74, 6) is 0.374. The van der Waals surface area contributed by atoms with Crippen LogP contribution in [0.3, 0.4) is 0 Å². The molecule has 0 saturated carbocycles. The van der Waals surface area contributed by atoms with Gasteiger partial charge in [0.25, 0.3) is 0 Å². The number of carbonyl (C=O) groups excluding carboxylic acids is 2. The van der Waals surface area contributed by atoms with Crippen molar-refractivity contribution in [2.75, 3.05) is 52.8 Å². The van der Waals surface area contributed by atoms with Gasteiger partial charge in [-0.2, -0.15) is 4.99 Å². The van der Waals surface area contributed by atoms with Crippen molar-refractivity contribution in [1.82, 2.24) is 14.5 Å². The normalized spacial score (nSPS) is 25.8. The molecule has 2 N–H and O–H groups in total. The predicted octanol–water partition coefficient (Wildman–Crippen LogP) is 1.79. The molecule has 3 unspecified atom stereocenters. The van der Waals surface area contributed by atoms with Crippen molar-refractivity contribution in [3.63, 3.8) is 0 Å². The lowest BCUT2D eigenvalue weighted by atomic mass is 10.2. The van der Waals surface area contributed by atoms with Crippen molar-refractivity contribution in [2.24, 2.45) is 20.7 Å². The van der Waals surface area contributed by atoms with Crippen LogP contribution in [0.5, 0.6) is 0 Å². The summed E-state index contributed by atoms with van der Waals surface area (Å²) >= 11 is 0. The number of esters is 2. The maximum atomic E-state index is 12.0. The molecule has 2 fully saturated rings. The van der Waals surface area contributed by atoms with Crippen LogP contribution in [0, 0.1) is 0 Å². The van der Waals surface area contributed by atoms with Crippen LogP contribution in [0.4, 0.5) is 0 Å². The van der Waals surface area contributed by atoms with E-state index in [9.17, 15) is 14.2 Å². The lowest BCUT2D eigenvalue weighted by molar-refractivity contribution is -0.150. The van der Waals surface area contributed by atoms with Gasteiger partial charge in [-0.05, 0) is 46.0 Å². The number of hydrogen-bond donors (Lipinski definition) is 1. The highest BCUT2D eigenvalue weighted by Crippen LogP contribution is 2.26. The van der Waals surface area contributed by atoms with Crippen LogP contribution in [0.25, 0.3) is 0 Å². The lowest BCUT2D eigenvalue weighted by Gasteiger charge is -2.28. The third-order valence-electron chi connectivity index (χ3n) is 7.03. The first-order chi connectivity index (χ1) is 19.9. The first-order valence-corrected chi connectivity index (χ1v) is 15.3. The summed E-state index contributed by atoms with van der Waals surface area (Å²) in [6.45, 7) is 10.2. The minimum atomic E-state index is -0.259. The van der Waals surface area contributed by atoms with Crippen LogP contribution in [0.2, 0.25) is 0 Å². The molecule has 2 saturated heterocycles. The van der Waals surface area contributed by atoms with E-state index >= 15 is 0 Å². The van der Waals surface area contributed by atoms with Crippen LogP contribution in [0.1, 0.15) is 59.3 Å². The van der Waals surface area contributed by atoms with Gasteiger partial charge in [0.15, 0.2) is 12.2 Å². The van der Waals surface area contributed by atoms with Gasteiger partial charge in [0.1, 0.15) is 6.04 Å². The SMILES string of the molecule is CCCOC1=NC(N)=NC2C1N=CN2CCOCN1CCC[C@H]1C(=O)OCC.CCOC(=O)CC1CCCN1P=O. The minimum Gasteiger partial charge on any atom is -0.479 e. The molecule has 4 aliphatic rings. The highest BCUT2D eigenvalue weighted by atomic mass is 31.1. The number of likely N-dealkylation sites (tertiary alicyclic amines) is 1. The first kappa shape index (κ1) is 32.8. The summed E-state index contributed by atoms with van der Waals surface area (Å²) in [4.78, 5) is 40.2. The second kappa shape index (κ2) is 17.3. The molecule has 0 aromatic heterocycles. The average molecular weight is 598 g/mol. The van der Waals surface area contributed by atoms with Crippen molar-refractivity contribution in [1.29, 1.82) is 0 Å². The summed E-state index contributed by atoms with van der Waals surface area (Å²) in [7, 11) is 0.0225. The number of carbonyl (C=O) groups is 2. The Bertz CT molecular complexity index is 966. The number of nitrogens with zero attached hydrogens (tertiary/aromatic N) is 6.